The van der Waals surface area contributed by atoms with Crippen molar-refractivity contribution in [3.05, 3.63) is 71.8 Å². The number of hydrogen-bond acceptors (Lipinski definition) is 3. The van der Waals surface area contributed by atoms with Crippen LogP contribution in [0.4, 0.5) is 0 Å². The Morgan fingerprint density at radius 3 is 2.13 bits per heavy atom. The number of nitrogens with one attached hydrogen (secondary N) is 1. The van der Waals surface area contributed by atoms with Crippen molar-refractivity contribution in [1.29, 1.82) is 0 Å². The first-order valence-electron chi connectivity index (χ1n) is 7.59. The molecule has 0 radical (unpaired) electrons. The molecular formula is C19H21NO3. The Morgan fingerprint density at radius 2 is 1.57 bits per heavy atom. The van der Waals surface area contributed by atoms with Gasteiger partial charge in [0, 0.05) is 19.0 Å². The Morgan fingerprint density at radius 1 is 1.00 bits per heavy atom. The summed E-state index contributed by atoms with van der Waals surface area (Å²) in [5.41, 5.74) is 0.457. The second-order valence-corrected chi connectivity index (χ2v) is 5.48. The second-order valence-electron chi connectivity index (χ2n) is 5.48. The van der Waals surface area contributed by atoms with Gasteiger partial charge in [-0.25, -0.2) is 0 Å². The monoisotopic (exact) mass is 311 g/mol. The van der Waals surface area contributed by atoms with E-state index in [2.05, 4.69) is 5.32 Å². The maximum Gasteiger partial charge on any atom is 0.304 e. The minimum atomic E-state index is -1.33. The summed E-state index contributed by atoms with van der Waals surface area (Å²) in [6.45, 7) is 3.40. The lowest BCUT2D eigenvalue weighted by Gasteiger charge is -2.28. The van der Waals surface area contributed by atoms with E-state index in [9.17, 15) is 9.59 Å². The molecule has 1 atom stereocenters. The van der Waals surface area contributed by atoms with Crippen molar-refractivity contribution >= 4 is 11.9 Å². The number of benzene rings is 2. The van der Waals surface area contributed by atoms with Crippen LogP contribution in [0, 0.1) is 0 Å². The van der Waals surface area contributed by atoms with Gasteiger partial charge in [0.2, 0.25) is 5.60 Å². The third-order valence-corrected chi connectivity index (χ3v) is 3.65. The lowest BCUT2D eigenvalue weighted by molar-refractivity contribution is -0.166. The van der Waals surface area contributed by atoms with E-state index < -0.39 is 11.6 Å². The van der Waals surface area contributed by atoms with Crippen LogP contribution < -0.4 is 5.32 Å². The summed E-state index contributed by atoms with van der Waals surface area (Å²) in [7, 11) is 0. The molecule has 0 saturated carbocycles. The summed E-state index contributed by atoms with van der Waals surface area (Å²) in [4.78, 5) is 24.0. The third-order valence-electron chi connectivity index (χ3n) is 3.65. The van der Waals surface area contributed by atoms with Crippen LogP contribution in [0.5, 0.6) is 0 Å². The van der Waals surface area contributed by atoms with Gasteiger partial charge in [0.25, 0.3) is 5.91 Å². The molecule has 2 aromatic rings. The van der Waals surface area contributed by atoms with Gasteiger partial charge in [0.15, 0.2) is 0 Å². The molecule has 0 bridgehead atoms. The summed E-state index contributed by atoms with van der Waals surface area (Å²) in [6.07, 6.45) is 0.720. The first kappa shape index (κ1) is 16.7. The fraction of sp³-hybridized carbons (Fsp3) is 0.263. The van der Waals surface area contributed by atoms with Crippen LogP contribution in [0.25, 0.3) is 0 Å². The zero-order chi connectivity index (χ0) is 16.7. The van der Waals surface area contributed by atoms with Gasteiger partial charge < -0.3 is 10.1 Å². The van der Waals surface area contributed by atoms with Crippen LogP contribution in [-0.2, 0) is 26.3 Å². The van der Waals surface area contributed by atoms with E-state index in [1.807, 2.05) is 48.5 Å². The van der Waals surface area contributed by atoms with Crippen molar-refractivity contribution in [3.63, 3.8) is 0 Å². The number of amides is 1. The molecule has 0 fully saturated rings. The van der Waals surface area contributed by atoms with Gasteiger partial charge in [-0.3, -0.25) is 9.59 Å². The first-order chi connectivity index (χ1) is 11.0. The normalized spacial score (nSPS) is 13.0. The maximum atomic E-state index is 12.6. The summed E-state index contributed by atoms with van der Waals surface area (Å²) >= 11 is 0. The minimum absolute atomic E-state index is 0.324. The van der Waals surface area contributed by atoms with Gasteiger partial charge in [-0.15, -0.1) is 0 Å². The molecule has 4 heteroatoms. The van der Waals surface area contributed by atoms with Crippen LogP contribution in [0.1, 0.15) is 25.0 Å². The molecule has 0 spiro atoms. The standard InChI is InChI=1S/C19H21NO3/c1-15(21)23-19(2,17-11-7-4-8-12-17)18(22)20-14-13-16-9-5-3-6-10-16/h3-12H,13-14H2,1-2H3,(H,20,22). The molecule has 1 unspecified atom stereocenters. The van der Waals surface area contributed by atoms with Crippen molar-refractivity contribution in [2.24, 2.45) is 0 Å². The molecule has 0 saturated heterocycles. The highest BCUT2D eigenvalue weighted by molar-refractivity contribution is 5.88. The molecule has 0 aliphatic heterocycles. The Kier molecular flexibility index (Phi) is 5.52. The number of rotatable bonds is 6. The van der Waals surface area contributed by atoms with Gasteiger partial charge in [0.05, 0.1) is 0 Å². The summed E-state index contributed by atoms with van der Waals surface area (Å²) in [6, 6.07) is 18.9. The van der Waals surface area contributed by atoms with Crippen molar-refractivity contribution in [2.75, 3.05) is 6.54 Å². The van der Waals surface area contributed by atoms with E-state index in [-0.39, 0.29) is 5.91 Å². The average molecular weight is 311 g/mol. The first-order valence-corrected chi connectivity index (χ1v) is 7.59. The highest BCUT2D eigenvalue weighted by Crippen LogP contribution is 2.25. The fourth-order valence-electron chi connectivity index (χ4n) is 2.41. The minimum Gasteiger partial charge on any atom is -0.444 e. The molecular weight excluding hydrogens is 290 g/mol. The number of hydrogen-bond donors (Lipinski definition) is 1. The number of carbonyl (C=O) groups excluding carboxylic acids is 2. The Balaban J connectivity index is 2.06. The molecule has 1 N–H and O–H groups in total. The second kappa shape index (κ2) is 7.58. The van der Waals surface area contributed by atoms with E-state index in [1.54, 1.807) is 19.1 Å². The van der Waals surface area contributed by atoms with Gasteiger partial charge in [0.1, 0.15) is 0 Å². The summed E-state index contributed by atoms with van der Waals surface area (Å²) < 4.78 is 5.34. The van der Waals surface area contributed by atoms with Gasteiger partial charge in [-0.2, -0.15) is 0 Å². The predicted octanol–water partition coefficient (Wildman–Crippen LogP) is 2.82. The molecule has 0 aliphatic carbocycles. The quantitative estimate of drug-likeness (QED) is 0.835. The van der Waals surface area contributed by atoms with E-state index in [4.69, 9.17) is 4.74 Å². The lowest BCUT2D eigenvalue weighted by Crippen LogP contribution is -2.45. The molecule has 0 heterocycles. The predicted molar refractivity (Wildman–Crippen MR) is 88.7 cm³/mol. The summed E-state index contributed by atoms with van der Waals surface area (Å²) in [5.74, 6) is -0.815. The number of carbonyl (C=O) groups is 2. The molecule has 2 rings (SSSR count). The van der Waals surface area contributed by atoms with Crippen LogP contribution in [0.3, 0.4) is 0 Å². The molecule has 0 aliphatic rings. The number of esters is 1. The summed E-state index contributed by atoms with van der Waals surface area (Å²) in [5, 5.41) is 2.86. The molecule has 23 heavy (non-hydrogen) atoms. The zero-order valence-corrected chi connectivity index (χ0v) is 13.4. The average Bonchev–Trinajstić information content (AvgIpc) is 2.56. The Hall–Kier alpha value is -2.62. The van der Waals surface area contributed by atoms with Crippen LogP contribution in [-0.4, -0.2) is 18.4 Å². The van der Waals surface area contributed by atoms with E-state index in [1.165, 1.54) is 6.92 Å². The molecule has 0 aromatic heterocycles. The van der Waals surface area contributed by atoms with Crippen LogP contribution in [0.2, 0.25) is 0 Å². The topological polar surface area (TPSA) is 55.4 Å². The van der Waals surface area contributed by atoms with Crippen LogP contribution in [0.15, 0.2) is 60.7 Å². The molecule has 120 valence electrons. The van der Waals surface area contributed by atoms with Gasteiger partial charge in [-0.1, -0.05) is 60.7 Å². The molecule has 4 nitrogen and oxygen atoms in total. The largest absolute Gasteiger partial charge is 0.444 e. The van der Waals surface area contributed by atoms with E-state index in [0.29, 0.717) is 12.1 Å². The highest BCUT2D eigenvalue weighted by atomic mass is 16.6. The van der Waals surface area contributed by atoms with Crippen molar-refractivity contribution in [1.82, 2.24) is 5.32 Å². The fourth-order valence-corrected chi connectivity index (χ4v) is 2.41. The number of ether oxygens (including phenoxy) is 1. The van der Waals surface area contributed by atoms with Gasteiger partial charge in [-0.05, 0) is 18.9 Å². The maximum absolute atomic E-state index is 12.6. The Labute approximate surface area is 136 Å². The highest BCUT2D eigenvalue weighted by Gasteiger charge is 2.38. The lowest BCUT2D eigenvalue weighted by atomic mass is 9.94. The van der Waals surface area contributed by atoms with Crippen molar-refractivity contribution < 1.29 is 14.3 Å². The van der Waals surface area contributed by atoms with Crippen molar-refractivity contribution in [2.45, 2.75) is 25.9 Å². The van der Waals surface area contributed by atoms with Crippen molar-refractivity contribution in [3.8, 4) is 0 Å². The Bertz CT molecular complexity index is 655. The van der Waals surface area contributed by atoms with Crippen LogP contribution >= 0.6 is 0 Å². The molecule has 2 aromatic carbocycles. The van der Waals surface area contributed by atoms with E-state index >= 15 is 0 Å². The SMILES string of the molecule is CC(=O)OC(C)(C(=O)NCCc1ccccc1)c1ccccc1. The van der Waals surface area contributed by atoms with Gasteiger partial charge >= 0.3 is 5.97 Å². The molecule has 1 amide bonds. The third kappa shape index (κ3) is 4.42. The zero-order valence-electron chi connectivity index (χ0n) is 13.4. The smallest absolute Gasteiger partial charge is 0.304 e. The van der Waals surface area contributed by atoms with E-state index in [0.717, 1.165) is 12.0 Å².